The summed E-state index contributed by atoms with van der Waals surface area (Å²) in [4.78, 5) is 3.78. The maximum atomic E-state index is 5.97. The Balaban J connectivity index is 0. The number of nitrogens with zero attached hydrogens (tertiary/aromatic N) is 1. The lowest BCUT2D eigenvalue weighted by atomic mass is 10.0. The number of allylic oxidation sites excluding steroid dienone is 1. The molecule has 0 bridgehead atoms. The molecular formula is C33H61NO2. The predicted molar refractivity (Wildman–Crippen MR) is 162 cm³/mol. The van der Waals surface area contributed by atoms with Gasteiger partial charge in [0.05, 0.1) is 19.3 Å². The summed E-state index contributed by atoms with van der Waals surface area (Å²) in [5.41, 5.74) is 1.23. The van der Waals surface area contributed by atoms with Crippen LogP contribution in [0.5, 0.6) is 0 Å². The Morgan fingerprint density at radius 2 is 1.28 bits per heavy atom. The van der Waals surface area contributed by atoms with Gasteiger partial charge in [-0.25, -0.2) is 0 Å². The second-order valence-electron chi connectivity index (χ2n) is 9.03. The van der Waals surface area contributed by atoms with E-state index in [0.717, 1.165) is 19.6 Å². The Morgan fingerprint density at radius 1 is 0.750 bits per heavy atom. The third-order valence-electron chi connectivity index (χ3n) is 5.86. The highest BCUT2D eigenvalue weighted by Gasteiger charge is 2.07. The predicted octanol–water partition coefficient (Wildman–Crippen LogP) is 10.7. The zero-order valence-electron chi connectivity index (χ0n) is 25.0. The van der Waals surface area contributed by atoms with Crippen LogP contribution in [0.25, 0.3) is 0 Å². The van der Waals surface area contributed by atoms with Gasteiger partial charge >= 0.3 is 0 Å². The monoisotopic (exact) mass is 503 g/mol. The van der Waals surface area contributed by atoms with Gasteiger partial charge in [-0.05, 0) is 32.3 Å². The first-order chi connectivity index (χ1) is 17.8. The van der Waals surface area contributed by atoms with Gasteiger partial charge in [-0.15, -0.1) is 0 Å². The molecule has 1 unspecified atom stereocenters. The average Bonchev–Trinajstić information content (AvgIpc) is 2.93. The highest BCUT2D eigenvalue weighted by Crippen LogP contribution is 2.13. The summed E-state index contributed by atoms with van der Waals surface area (Å²) in [6.45, 7) is 14.6. The summed E-state index contributed by atoms with van der Waals surface area (Å²) in [6.07, 6.45) is 24.7. The van der Waals surface area contributed by atoms with Crippen molar-refractivity contribution in [3.05, 3.63) is 48.2 Å². The van der Waals surface area contributed by atoms with Gasteiger partial charge in [-0.2, -0.15) is 0 Å². The SMILES string of the molecule is CC.CC=N/C=C\C.CCCCCCCCCCCCCCCOCC(CC)OCc1ccccc1. The molecule has 0 spiro atoms. The minimum absolute atomic E-state index is 0.210. The second kappa shape index (κ2) is 33.5. The van der Waals surface area contributed by atoms with Gasteiger partial charge in [-0.1, -0.05) is 141 Å². The third-order valence-corrected chi connectivity index (χ3v) is 5.86. The summed E-state index contributed by atoms with van der Waals surface area (Å²) in [5.74, 6) is 0. The standard InChI is InChI=1S/C26H46O2.C5H9N.C2H6/c1-3-5-6-7-8-9-10-11-12-13-14-15-19-22-27-24-26(4-2)28-23-25-20-17-16-18-21-25;1-3-5-6-4-2;1-2/h16-18,20-21,26H,3-15,19,22-24H2,1-2H3;3-5H,1-2H3;1-2H3/b;5-3-,6-4?;. The largest absolute Gasteiger partial charge is 0.379 e. The number of hydrogen-bond donors (Lipinski definition) is 0. The summed E-state index contributed by atoms with van der Waals surface area (Å²) < 4.78 is 11.8. The molecule has 1 aromatic rings. The van der Waals surface area contributed by atoms with Crippen molar-refractivity contribution in [3.8, 4) is 0 Å². The van der Waals surface area contributed by atoms with E-state index >= 15 is 0 Å². The fourth-order valence-electron chi connectivity index (χ4n) is 3.68. The smallest absolute Gasteiger partial charge is 0.0810 e. The zero-order valence-corrected chi connectivity index (χ0v) is 25.0. The van der Waals surface area contributed by atoms with Gasteiger partial charge in [0.15, 0.2) is 0 Å². The maximum absolute atomic E-state index is 5.97. The molecule has 0 fully saturated rings. The Kier molecular flexibility index (Phi) is 34.2. The van der Waals surface area contributed by atoms with Crippen LogP contribution in [0.3, 0.4) is 0 Å². The molecule has 0 aliphatic rings. The van der Waals surface area contributed by atoms with Gasteiger partial charge in [0, 0.05) is 19.0 Å². The van der Waals surface area contributed by atoms with Crippen LogP contribution in [0.15, 0.2) is 47.6 Å². The van der Waals surface area contributed by atoms with E-state index in [1.54, 1.807) is 12.4 Å². The van der Waals surface area contributed by atoms with Crippen LogP contribution in [-0.4, -0.2) is 25.5 Å². The Labute approximate surface area is 226 Å². The molecule has 1 aromatic carbocycles. The number of aliphatic imine (C=N–C) groups is 1. The van der Waals surface area contributed by atoms with Crippen molar-refractivity contribution < 1.29 is 9.47 Å². The van der Waals surface area contributed by atoms with E-state index < -0.39 is 0 Å². The summed E-state index contributed by atoms with van der Waals surface area (Å²) >= 11 is 0. The van der Waals surface area contributed by atoms with E-state index in [1.807, 2.05) is 39.8 Å². The van der Waals surface area contributed by atoms with Gasteiger partial charge in [-0.3, -0.25) is 4.99 Å². The average molecular weight is 504 g/mol. The van der Waals surface area contributed by atoms with Gasteiger partial charge in [0.1, 0.15) is 0 Å². The highest BCUT2D eigenvalue weighted by atomic mass is 16.5. The second-order valence-corrected chi connectivity index (χ2v) is 9.03. The fourth-order valence-corrected chi connectivity index (χ4v) is 3.68. The van der Waals surface area contributed by atoms with Crippen molar-refractivity contribution in [2.75, 3.05) is 13.2 Å². The lowest BCUT2D eigenvalue weighted by molar-refractivity contribution is -0.0269. The van der Waals surface area contributed by atoms with Crippen molar-refractivity contribution in [1.82, 2.24) is 0 Å². The van der Waals surface area contributed by atoms with Crippen LogP contribution in [0, 0.1) is 0 Å². The number of hydrogen-bond acceptors (Lipinski definition) is 3. The molecule has 3 nitrogen and oxygen atoms in total. The molecule has 0 heterocycles. The molecule has 0 saturated heterocycles. The topological polar surface area (TPSA) is 30.8 Å². The minimum atomic E-state index is 0.210. The van der Waals surface area contributed by atoms with E-state index in [0.29, 0.717) is 6.61 Å². The van der Waals surface area contributed by atoms with Crippen LogP contribution >= 0.6 is 0 Å². The van der Waals surface area contributed by atoms with Crippen molar-refractivity contribution in [3.63, 3.8) is 0 Å². The summed E-state index contributed by atoms with van der Waals surface area (Å²) in [6, 6.07) is 10.4. The van der Waals surface area contributed by atoms with Crippen LogP contribution in [-0.2, 0) is 16.1 Å². The summed E-state index contributed by atoms with van der Waals surface area (Å²) in [7, 11) is 0. The highest BCUT2D eigenvalue weighted by molar-refractivity contribution is 5.54. The minimum Gasteiger partial charge on any atom is -0.379 e. The number of benzene rings is 1. The molecular weight excluding hydrogens is 442 g/mol. The van der Waals surface area contributed by atoms with Crippen LogP contribution in [0.1, 0.15) is 137 Å². The maximum Gasteiger partial charge on any atom is 0.0810 e. The number of unbranched alkanes of at least 4 members (excludes halogenated alkanes) is 12. The lowest BCUT2D eigenvalue weighted by Crippen LogP contribution is -2.19. The normalized spacial score (nSPS) is 11.7. The molecule has 0 N–H and O–H groups in total. The van der Waals surface area contributed by atoms with Crippen molar-refractivity contribution in [2.45, 2.75) is 144 Å². The molecule has 210 valence electrons. The molecule has 0 aliphatic heterocycles. The van der Waals surface area contributed by atoms with E-state index in [4.69, 9.17) is 9.47 Å². The first-order valence-corrected chi connectivity index (χ1v) is 15.1. The molecule has 1 rings (SSSR count). The molecule has 1 atom stereocenters. The first-order valence-electron chi connectivity index (χ1n) is 15.1. The molecule has 0 aliphatic carbocycles. The van der Waals surface area contributed by atoms with Crippen molar-refractivity contribution >= 4 is 6.21 Å². The van der Waals surface area contributed by atoms with Crippen LogP contribution in [0.2, 0.25) is 0 Å². The Morgan fingerprint density at radius 3 is 1.72 bits per heavy atom. The van der Waals surface area contributed by atoms with Gasteiger partial charge < -0.3 is 9.47 Å². The van der Waals surface area contributed by atoms with E-state index in [9.17, 15) is 0 Å². The first kappa shape index (κ1) is 36.7. The van der Waals surface area contributed by atoms with Crippen molar-refractivity contribution in [1.29, 1.82) is 0 Å². The van der Waals surface area contributed by atoms with Gasteiger partial charge in [0.25, 0.3) is 0 Å². The van der Waals surface area contributed by atoms with Crippen LogP contribution < -0.4 is 0 Å². The Hall–Kier alpha value is -1.45. The lowest BCUT2D eigenvalue weighted by Gasteiger charge is -2.16. The summed E-state index contributed by atoms with van der Waals surface area (Å²) in [5, 5.41) is 0. The third kappa shape index (κ3) is 28.8. The molecule has 0 amide bonds. The molecule has 36 heavy (non-hydrogen) atoms. The molecule has 0 saturated carbocycles. The zero-order chi connectivity index (χ0) is 27.0. The van der Waals surface area contributed by atoms with Crippen molar-refractivity contribution in [2.24, 2.45) is 4.99 Å². The molecule has 0 radical (unpaired) electrons. The molecule has 0 aromatic heterocycles. The fraction of sp³-hybridized carbons (Fsp3) is 0.727. The molecule has 3 heteroatoms. The van der Waals surface area contributed by atoms with E-state index in [2.05, 4.69) is 43.1 Å². The van der Waals surface area contributed by atoms with E-state index in [-0.39, 0.29) is 6.10 Å². The number of rotatable bonds is 21. The number of ether oxygens (including phenoxy) is 2. The quantitative estimate of drug-likeness (QED) is 0.123. The van der Waals surface area contributed by atoms with Gasteiger partial charge in [0.2, 0.25) is 0 Å². The Bertz CT molecular complexity index is 546. The van der Waals surface area contributed by atoms with E-state index in [1.165, 1.54) is 89.0 Å². The van der Waals surface area contributed by atoms with Crippen LogP contribution in [0.4, 0.5) is 0 Å².